The van der Waals surface area contributed by atoms with Crippen molar-refractivity contribution >= 4 is 23.8 Å². The maximum Gasteiger partial charge on any atom is 0.165 e. The standard InChI is InChI=1S/C7H10N2OS/c8-6(4-10)3-7-5-11-2-1-9-7/h3-4H,1-2,5,8H2/b6-3-. The van der Waals surface area contributed by atoms with Crippen molar-refractivity contribution in [3.8, 4) is 0 Å². The van der Waals surface area contributed by atoms with E-state index in [1.807, 2.05) is 11.8 Å². The van der Waals surface area contributed by atoms with Crippen LogP contribution in [0.5, 0.6) is 0 Å². The monoisotopic (exact) mass is 170 g/mol. The average Bonchev–Trinajstić information content (AvgIpc) is 2.06. The van der Waals surface area contributed by atoms with Gasteiger partial charge in [-0.05, 0) is 6.08 Å². The first-order valence-electron chi connectivity index (χ1n) is 3.36. The van der Waals surface area contributed by atoms with Gasteiger partial charge in [-0.3, -0.25) is 9.79 Å². The van der Waals surface area contributed by atoms with Crippen LogP contribution in [0, 0.1) is 0 Å². The Kier molecular flexibility index (Phi) is 3.16. The van der Waals surface area contributed by atoms with Gasteiger partial charge in [-0.1, -0.05) is 0 Å². The van der Waals surface area contributed by atoms with Crippen LogP contribution in [0.2, 0.25) is 0 Å². The molecular weight excluding hydrogens is 160 g/mol. The smallest absolute Gasteiger partial charge is 0.165 e. The van der Waals surface area contributed by atoms with Crippen molar-refractivity contribution in [2.45, 2.75) is 0 Å². The highest BCUT2D eigenvalue weighted by atomic mass is 32.2. The zero-order chi connectivity index (χ0) is 8.10. The van der Waals surface area contributed by atoms with E-state index in [9.17, 15) is 4.79 Å². The minimum Gasteiger partial charge on any atom is -0.396 e. The topological polar surface area (TPSA) is 55.5 Å². The van der Waals surface area contributed by atoms with Gasteiger partial charge in [0, 0.05) is 23.8 Å². The molecule has 0 spiro atoms. The molecule has 1 rings (SSSR count). The molecule has 2 N–H and O–H groups in total. The molecule has 11 heavy (non-hydrogen) atoms. The van der Waals surface area contributed by atoms with Gasteiger partial charge in [0.25, 0.3) is 0 Å². The lowest BCUT2D eigenvalue weighted by atomic mass is 10.3. The van der Waals surface area contributed by atoms with E-state index in [0.717, 1.165) is 23.8 Å². The molecule has 60 valence electrons. The molecule has 0 unspecified atom stereocenters. The Morgan fingerprint density at radius 2 is 2.55 bits per heavy atom. The molecule has 0 atom stereocenters. The van der Waals surface area contributed by atoms with Crippen LogP contribution in [-0.4, -0.2) is 30.0 Å². The lowest BCUT2D eigenvalue weighted by Crippen LogP contribution is -2.11. The zero-order valence-corrected chi connectivity index (χ0v) is 6.93. The number of carbonyl (C=O) groups excluding carboxylic acids is 1. The number of aldehydes is 1. The molecule has 1 heterocycles. The Bertz CT molecular complexity index is 210. The normalized spacial score (nSPS) is 19.3. The number of hydrogen-bond acceptors (Lipinski definition) is 4. The van der Waals surface area contributed by atoms with E-state index in [4.69, 9.17) is 5.73 Å². The Morgan fingerprint density at radius 1 is 1.73 bits per heavy atom. The summed E-state index contributed by atoms with van der Waals surface area (Å²) in [5.41, 5.74) is 6.48. The van der Waals surface area contributed by atoms with Gasteiger partial charge in [0.1, 0.15) is 0 Å². The van der Waals surface area contributed by atoms with E-state index in [1.165, 1.54) is 0 Å². The molecule has 0 aromatic carbocycles. The molecule has 0 aromatic rings. The maximum atomic E-state index is 10.1. The van der Waals surface area contributed by atoms with Crippen LogP contribution in [0.4, 0.5) is 0 Å². The highest BCUT2D eigenvalue weighted by molar-refractivity contribution is 8.00. The average molecular weight is 170 g/mol. The first-order chi connectivity index (χ1) is 5.33. The molecule has 0 saturated heterocycles. The van der Waals surface area contributed by atoms with Gasteiger partial charge < -0.3 is 5.73 Å². The molecule has 0 amide bonds. The van der Waals surface area contributed by atoms with Crippen molar-refractivity contribution in [3.05, 3.63) is 11.8 Å². The number of rotatable bonds is 2. The first-order valence-corrected chi connectivity index (χ1v) is 4.52. The van der Waals surface area contributed by atoms with E-state index in [1.54, 1.807) is 6.08 Å². The second kappa shape index (κ2) is 4.18. The van der Waals surface area contributed by atoms with Crippen LogP contribution < -0.4 is 5.73 Å². The van der Waals surface area contributed by atoms with Crippen LogP contribution in [0.15, 0.2) is 16.8 Å². The number of thioether (sulfide) groups is 1. The minimum atomic E-state index is 0.256. The molecule has 0 fully saturated rings. The summed E-state index contributed by atoms with van der Waals surface area (Å²) in [4.78, 5) is 14.3. The minimum absolute atomic E-state index is 0.256. The van der Waals surface area contributed by atoms with Crippen LogP contribution in [0.25, 0.3) is 0 Å². The lowest BCUT2D eigenvalue weighted by molar-refractivity contribution is -0.104. The third kappa shape index (κ3) is 2.76. The molecule has 3 nitrogen and oxygen atoms in total. The molecule has 1 aliphatic heterocycles. The van der Waals surface area contributed by atoms with Crippen molar-refractivity contribution in [1.82, 2.24) is 0 Å². The predicted octanol–water partition coefficient (Wildman–Crippen LogP) is 0.216. The van der Waals surface area contributed by atoms with Crippen molar-refractivity contribution in [1.29, 1.82) is 0 Å². The third-order valence-corrected chi connectivity index (χ3v) is 2.24. The number of aliphatic imine (C=N–C) groups is 1. The summed E-state index contributed by atoms with van der Waals surface area (Å²) < 4.78 is 0. The molecule has 0 bridgehead atoms. The first kappa shape index (κ1) is 8.33. The molecule has 1 aliphatic rings. The van der Waals surface area contributed by atoms with Crippen LogP contribution in [-0.2, 0) is 4.79 Å². The molecular formula is C7H10N2OS. The predicted molar refractivity (Wildman–Crippen MR) is 48.0 cm³/mol. The van der Waals surface area contributed by atoms with E-state index in [0.29, 0.717) is 6.29 Å². The lowest BCUT2D eigenvalue weighted by Gasteiger charge is -2.07. The number of hydrogen-bond donors (Lipinski definition) is 1. The molecule has 0 saturated carbocycles. The summed E-state index contributed by atoms with van der Waals surface area (Å²) in [5, 5.41) is 0. The van der Waals surface area contributed by atoms with Gasteiger partial charge in [0.15, 0.2) is 6.29 Å². The molecule has 0 radical (unpaired) electrons. The largest absolute Gasteiger partial charge is 0.396 e. The Hall–Kier alpha value is -0.770. The quantitative estimate of drug-likeness (QED) is 0.476. The summed E-state index contributed by atoms with van der Waals surface area (Å²) in [5.74, 6) is 1.94. The molecule has 4 heteroatoms. The van der Waals surface area contributed by atoms with Crippen molar-refractivity contribution in [2.24, 2.45) is 10.7 Å². The number of nitrogens with zero attached hydrogens (tertiary/aromatic N) is 1. The van der Waals surface area contributed by atoms with Gasteiger partial charge in [-0.2, -0.15) is 11.8 Å². The van der Waals surface area contributed by atoms with Gasteiger partial charge in [0.05, 0.1) is 5.70 Å². The van der Waals surface area contributed by atoms with Crippen molar-refractivity contribution < 1.29 is 4.79 Å². The Morgan fingerprint density at radius 3 is 3.09 bits per heavy atom. The van der Waals surface area contributed by atoms with E-state index < -0.39 is 0 Å². The zero-order valence-electron chi connectivity index (χ0n) is 6.12. The SMILES string of the molecule is N/C(C=O)=C\C1=NCCSC1. The van der Waals surface area contributed by atoms with Crippen LogP contribution >= 0.6 is 11.8 Å². The second-order valence-electron chi connectivity index (χ2n) is 2.19. The fourth-order valence-corrected chi connectivity index (χ4v) is 1.54. The summed E-state index contributed by atoms with van der Waals surface area (Å²) in [7, 11) is 0. The second-order valence-corrected chi connectivity index (χ2v) is 3.29. The van der Waals surface area contributed by atoms with E-state index >= 15 is 0 Å². The van der Waals surface area contributed by atoms with Crippen molar-refractivity contribution in [3.63, 3.8) is 0 Å². The number of carbonyl (C=O) groups is 1. The van der Waals surface area contributed by atoms with Crippen molar-refractivity contribution in [2.75, 3.05) is 18.1 Å². The van der Waals surface area contributed by atoms with Gasteiger partial charge >= 0.3 is 0 Å². The summed E-state index contributed by atoms with van der Waals surface area (Å²) >= 11 is 1.81. The van der Waals surface area contributed by atoms with E-state index in [2.05, 4.69) is 4.99 Å². The fourth-order valence-electron chi connectivity index (χ4n) is 0.790. The summed E-state index contributed by atoms with van der Waals surface area (Å²) in [6.07, 6.45) is 2.28. The summed E-state index contributed by atoms with van der Waals surface area (Å²) in [6.45, 7) is 0.836. The maximum absolute atomic E-state index is 10.1. The van der Waals surface area contributed by atoms with Gasteiger partial charge in [-0.25, -0.2) is 0 Å². The Balaban J connectivity index is 2.59. The van der Waals surface area contributed by atoms with Crippen LogP contribution in [0.1, 0.15) is 0 Å². The molecule has 0 aromatic heterocycles. The van der Waals surface area contributed by atoms with E-state index in [-0.39, 0.29) is 5.70 Å². The molecule has 0 aliphatic carbocycles. The number of allylic oxidation sites excluding steroid dienone is 2. The van der Waals surface area contributed by atoms with Gasteiger partial charge in [0.2, 0.25) is 0 Å². The van der Waals surface area contributed by atoms with Gasteiger partial charge in [-0.15, -0.1) is 0 Å². The summed E-state index contributed by atoms with van der Waals surface area (Å²) in [6, 6.07) is 0. The third-order valence-electron chi connectivity index (χ3n) is 1.27. The highest BCUT2D eigenvalue weighted by Gasteiger charge is 2.02. The Labute approximate surface area is 69.8 Å². The highest BCUT2D eigenvalue weighted by Crippen LogP contribution is 2.07. The fraction of sp³-hybridized carbons (Fsp3) is 0.429. The van der Waals surface area contributed by atoms with Crippen LogP contribution in [0.3, 0.4) is 0 Å². The number of nitrogens with two attached hydrogens (primary N) is 1.